The van der Waals surface area contributed by atoms with Gasteiger partial charge in [0.05, 0.1) is 6.33 Å². The number of nitrogens with one attached hydrogen (secondary N) is 2. The summed E-state index contributed by atoms with van der Waals surface area (Å²) in [6.07, 6.45) is 2.92. The van der Waals surface area contributed by atoms with Crippen molar-refractivity contribution in [1.82, 2.24) is 20.2 Å². The van der Waals surface area contributed by atoms with Crippen molar-refractivity contribution in [2.24, 2.45) is 0 Å². The van der Waals surface area contributed by atoms with E-state index in [2.05, 4.69) is 20.2 Å². The van der Waals surface area contributed by atoms with Gasteiger partial charge in [0, 0.05) is 6.20 Å². The number of halogens is 1. The van der Waals surface area contributed by atoms with E-state index in [1.807, 2.05) is 0 Å². The highest BCUT2D eigenvalue weighted by Crippen LogP contribution is 1.96. The molecular weight excluding hydrogens is 168 g/mol. The topological polar surface area (TPSA) is 74.4 Å². The first-order valence-electron chi connectivity index (χ1n) is 2.75. The SMILES string of the molecule is Cl.O=c1[nH]cnc2c[nH]nc12. The summed E-state index contributed by atoms with van der Waals surface area (Å²) >= 11 is 0. The Labute approximate surface area is 67.3 Å². The number of nitrogens with zero attached hydrogens (tertiary/aromatic N) is 2. The summed E-state index contributed by atoms with van der Waals surface area (Å²) in [5, 5.41) is 6.23. The average Bonchev–Trinajstić information content (AvgIpc) is 2.36. The van der Waals surface area contributed by atoms with Crippen LogP contribution in [-0.2, 0) is 0 Å². The fourth-order valence-electron chi connectivity index (χ4n) is 0.778. The van der Waals surface area contributed by atoms with Crippen LogP contribution in [0.2, 0.25) is 0 Å². The molecule has 0 radical (unpaired) electrons. The van der Waals surface area contributed by atoms with E-state index in [1.54, 1.807) is 6.20 Å². The van der Waals surface area contributed by atoms with E-state index in [9.17, 15) is 4.79 Å². The maximum Gasteiger partial charge on any atom is 0.279 e. The van der Waals surface area contributed by atoms with Crippen molar-refractivity contribution in [3.05, 3.63) is 22.9 Å². The number of hydrogen-bond acceptors (Lipinski definition) is 3. The fraction of sp³-hybridized carbons (Fsp3) is 0. The molecule has 0 unspecified atom stereocenters. The van der Waals surface area contributed by atoms with Crippen LogP contribution in [0.4, 0.5) is 0 Å². The number of fused-ring (bicyclic) bond motifs is 1. The molecule has 0 saturated carbocycles. The minimum Gasteiger partial charge on any atom is -0.311 e. The standard InChI is InChI=1S/C5H4N4O.ClH/c10-5-4-3(1-8-9-4)6-2-7-5;/h1-2H,(H,8,9)(H,6,7,10);1H. The predicted octanol–water partition coefficient (Wildman–Crippen LogP) is 0.0680. The van der Waals surface area contributed by atoms with Crippen molar-refractivity contribution in [3.63, 3.8) is 0 Å². The number of hydrogen-bond donors (Lipinski definition) is 2. The second kappa shape index (κ2) is 2.71. The Bertz CT molecular complexity index is 406. The first-order chi connectivity index (χ1) is 4.88. The molecule has 0 spiro atoms. The summed E-state index contributed by atoms with van der Waals surface area (Å²) in [7, 11) is 0. The summed E-state index contributed by atoms with van der Waals surface area (Å²) in [5.41, 5.74) is 0.720. The molecule has 2 rings (SSSR count). The minimum atomic E-state index is -0.216. The highest BCUT2D eigenvalue weighted by Gasteiger charge is 1.98. The lowest BCUT2D eigenvalue weighted by atomic mass is 10.5. The molecule has 2 aromatic rings. The molecule has 0 saturated heterocycles. The van der Waals surface area contributed by atoms with E-state index < -0.39 is 0 Å². The molecule has 0 aromatic carbocycles. The Morgan fingerprint density at radius 3 is 3.00 bits per heavy atom. The van der Waals surface area contributed by atoms with Crippen molar-refractivity contribution in [3.8, 4) is 0 Å². The first-order valence-corrected chi connectivity index (χ1v) is 2.75. The van der Waals surface area contributed by atoms with E-state index in [0.717, 1.165) is 0 Å². The lowest BCUT2D eigenvalue weighted by Crippen LogP contribution is -2.05. The van der Waals surface area contributed by atoms with Crippen LogP contribution in [0.5, 0.6) is 0 Å². The highest BCUT2D eigenvalue weighted by molar-refractivity contribution is 5.85. The molecule has 11 heavy (non-hydrogen) atoms. The number of rotatable bonds is 0. The maximum atomic E-state index is 10.9. The molecule has 2 N–H and O–H groups in total. The second-order valence-electron chi connectivity index (χ2n) is 1.85. The molecule has 0 aliphatic carbocycles. The van der Waals surface area contributed by atoms with Crippen LogP contribution < -0.4 is 5.56 Å². The second-order valence-corrected chi connectivity index (χ2v) is 1.85. The summed E-state index contributed by atoms with van der Waals surface area (Å²) in [4.78, 5) is 17.1. The molecule has 0 aliphatic rings. The van der Waals surface area contributed by atoms with Crippen molar-refractivity contribution in [2.75, 3.05) is 0 Å². The molecule has 2 aromatic heterocycles. The molecule has 0 amide bonds. The van der Waals surface area contributed by atoms with Crippen LogP contribution in [0.25, 0.3) is 11.0 Å². The van der Waals surface area contributed by atoms with Gasteiger partial charge in [-0.3, -0.25) is 9.89 Å². The summed E-state index contributed by atoms with van der Waals surface area (Å²) < 4.78 is 0. The predicted molar refractivity (Wildman–Crippen MR) is 41.8 cm³/mol. The smallest absolute Gasteiger partial charge is 0.279 e. The molecule has 6 heteroatoms. The summed E-state index contributed by atoms with van der Waals surface area (Å²) in [6.45, 7) is 0. The molecule has 0 aliphatic heterocycles. The molecular formula is C5H5ClN4O. The molecule has 58 valence electrons. The quantitative estimate of drug-likeness (QED) is 0.591. The Morgan fingerprint density at radius 1 is 1.45 bits per heavy atom. The van der Waals surface area contributed by atoms with Crippen LogP contribution in [0.1, 0.15) is 0 Å². The van der Waals surface area contributed by atoms with E-state index >= 15 is 0 Å². The van der Waals surface area contributed by atoms with Crippen molar-refractivity contribution >= 4 is 23.4 Å². The largest absolute Gasteiger partial charge is 0.311 e. The van der Waals surface area contributed by atoms with Gasteiger partial charge in [0.15, 0.2) is 5.52 Å². The fourth-order valence-corrected chi connectivity index (χ4v) is 0.778. The van der Waals surface area contributed by atoms with E-state index in [1.165, 1.54) is 6.33 Å². The van der Waals surface area contributed by atoms with Crippen LogP contribution >= 0.6 is 12.4 Å². The summed E-state index contributed by atoms with van der Waals surface area (Å²) in [5.74, 6) is 0. The van der Waals surface area contributed by atoms with Crippen LogP contribution in [-0.4, -0.2) is 20.2 Å². The Hall–Kier alpha value is -1.36. The summed E-state index contributed by atoms with van der Waals surface area (Å²) in [6, 6.07) is 0. The van der Waals surface area contributed by atoms with Gasteiger partial charge in [-0.05, 0) is 0 Å². The molecule has 2 heterocycles. The minimum absolute atomic E-state index is 0. The zero-order valence-corrected chi connectivity index (χ0v) is 6.18. The van der Waals surface area contributed by atoms with Gasteiger partial charge in [-0.1, -0.05) is 0 Å². The first kappa shape index (κ1) is 7.74. The zero-order chi connectivity index (χ0) is 6.97. The number of aromatic amines is 2. The monoisotopic (exact) mass is 172 g/mol. The molecule has 0 atom stereocenters. The van der Waals surface area contributed by atoms with Crippen molar-refractivity contribution < 1.29 is 0 Å². The molecule has 0 bridgehead atoms. The van der Waals surface area contributed by atoms with Crippen molar-refractivity contribution in [1.29, 1.82) is 0 Å². The van der Waals surface area contributed by atoms with Gasteiger partial charge < -0.3 is 4.98 Å². The lowest BCUT2D eigenvalue weighted by Gasteiger charge is -1.80. The lowest BCUT2D eigenvalue weighted by molar-refractivity contribution is 1.10. The third kappa shape index (κ3) is 1.10. The average molecular weight is 173 g/mol. The van der Waals surface area contributed by atoms with Gasteiger partial charge in [-0.15, -0.1) is 12.4 Å². The highest BCUT2D eigenvalue weighted by atomic mass is 35.5. The molecule has 0 fully saturated rings. The molecule has 5 nitrogen and oxygen atoms in total. The number of H-pyrrole nitrogens is 2. The van der Waals surface area contributed by atoms with Crippen LogP contribution in [0.3, 0.4) is 0 Å². The Morgan fingerprint density at radius 2 is 2.27 bits per heavy atom. The van der Waals surface area contributed by atoms with E-state index in [0.29, 0.717) is 11.0 Å². The van der Waals surface area contributed by atoms with Gasteiger partial charge in [0.1, 0.15) is 5.52 Å². The van der Waals surface area contributed by atoms with E-state index in [4.69, 9.17) is 0 Å². The van der Waals surface area contributed by atoms with Gasteiger partial charge in [0.2, 0.25) is 0 Å². The number of aromatic nitrogens is 4. The van der Waals surface area contributed by atoms with Gasteiger partial charge >= 0.3 is 0 Å². The Balaban J connectivity index is 0.000000605. The van der Waals surface area contributed by atoms with Gasteiger partial charge in [0.25, 0.3) is 5.56 Å². The van der Waals surface area contributed by atoms with Gasteiger partial charge in [-0.25, -0.2) is 4.98 Å². The third-order valence-corrected chi connectivity index (χ3v) is 1.23. The zero-order valence-electron chi connectivity index (χ0n) is 5.37. The van der Waals surface area contributed by atoms with E-state index in [-0.39, 0.29) is 18.0 Å². The van der Waals surface area contributed by atoms with Gasteiger partial charge in [-0.2, -0.15) is 5.10 Å². The maximum absolute atomic E-state index is 10.9. The Kier molecular flexibility index (Phi) is 1.91. The third-order valence-electron chi connectivity index (χ3n) is 1.23. The normalized spacial score (nSPS) is 9.45. The van der Waals surface area contributed by atoms with Crippen LogP contribution in [0, 0.1) is 0 Å². The van der Waals surface area contributed by atoms with Crippen molar-refractivity contribution in [2.45, 2.75) is 0 Å². The van der Waals surface area contributed by atoms with Crippen LogP contribution in [0.15, 0.2) is 17.3 Å².